The zero-order valence-corrected chi connectivity index (χ0v) is 13.0. The van der Waals surface area contributed by atoms with Crippen molar-refractivity contribution < 1.29 is 0 Å². The second kappa shape index (κ2) is 5.93. The van der Waals surface area contributed by atoms with Crippen LogP contribution in [0.25, 0.3) is 10.9 Å². The van der Waals surface area contributed by atoms with E-state index in [1.165, 1.54) is 15.8 Å². The highest BCUT2D eigenvalue weighted by atomic mass is 32.1. The molecule has 5 nitrogen and oxygen atoms in total. The number of para-hydroxylation sites is 1. The lowest BCUT2D eigenvalue weighted by atomic mass is 10.1. The fourth-order valence-corrected chi connectivity index (χ4v) is 3.52. The van der Waals surface area contributed by atoms with Crippen LogP contribution in [-0.2, 0) is 13.0 Å². The first-order valence-corrected chi connectivity index (χ1v) is 7.93. The van der Waals surface area contributed by atoms with Crippen LogP contribution in [-0.4, -0.2) is 14.8 Å². The molecule has 1 atom stereocenters. The molecule has 0 aliphatic carbocycles. The van der Waals surface area contributed by atoms with E-state index in [9.17, 15) is 0 Å². The molecule has 0 amide bonds. The standard InChI is InChI=1S/C15H19N5S/c1-3-20-14-7-5-4-6-11(14)12(19-20)8-13(18-16)15-10(2)17-9-21-15/h4-7,9,13,18H,3,8,16H2,1-2H3. The van der Waals surface area contributed by atoms with Crippen LogP contribution in [0, 0.1) is 6.92 Å². The van der Waals surface area contributed by atoms with Crippen LogP contribution >= 0.6 is 11.3 Å². The van der Waals surface area contributed by atoms with Crippen molar-refractivity contribution in [1.29, 1.82) is 0 Å². The summed E-state index contributed by atoms with van der Waals surface area (Å²) in [7, 11) is 0. The molecular formula is C15H19N5S. The molecule has 0 fully saturated rings. The fourth-order valence-electron chi connectivity index (χ4n) is 2.65. The second-order valence-electron chi connectivity index (χ2n) is 5.01. The van der Waals surface area contributed by atoms with Gasteiger partial charge in [-0.25, -0.2) is 4.98 Å². The highest BCUT2D eigenvalue weighted by Gasteiger charge is 2.19. The lowest BCUT2D eigenvalue weighted by Gasteiger charge is -2.13. The molecule has 1 unspecified atom stereocenters. The first-order valence-electron chi connectivity index (χ1n) is 7.05. The van der Waals surface area contributed by atoms with E-state index in [1.807, 2.05) is 23.2 Å². The van der Waals surface area contributed by atoms with E-state index >= 15 is 0 Å². The van der Waals surface area contributed by atoms with E-state index in [2.05, 4.69) is 35.5 Å². The Morgan fingerprint density at radius 3 is 2.86 bits per heavy atom. The minimum atomic E-state index is 0.0427. The average molecular weight is 301 g/mol. The Hall–Kier alpha value is -1.76. The first kappa shape index (κ1) is 14.2. The van der Waals surface area contributed by atoms with Gasteiger partial charge in [0.15, 0.2) is 0 Å². The number of hydrazine groups is 1. The maximum atomic E-state index is 5.76. The molecule has 0 aliphatic rings. The Kier molecular flexibility index (Phi) is 4.01. The van der Waals surface area contributed by atoms with E-state index in [0.29, 0.717) is 0 Å². The van der Waals surface area contributed by atoms with E-state index in [-0.39, 0.29) is 6.04 Å². The van der Waals surface area contributed by atoms with Crippen molar-refractivity contribution >= 4 is 22.2 Å². The van der Waals surface area contributed by atoms with Gasteiger partial charge in [0.25, 0.3) is 0 Å². The largest absolute Gasteiger partial charge is 0.271 e. The lowest BCUT2D eigenvalue weighted by Crippen LogP contribution is -2.29. The quantitative estimate of drug-likeness (QED) is 0.561. The van der Waals surface area contributed by atoms with Gasteiger partial charge in [-0.3, -0.25) is 16.0 Å². The summed E-state index contributed by atoms with van der Waals surface area (Å²) >= 11 is 1.63. The summed E-state index contributed by atoms with van der Waals surface area (Å²) in [5.74, 6) is 5.76. The Bertz CT molecular complexity index is 745. The molecule has 3 N–H and O–H groups in total. The molecule has 110 valence electrons. The Morgan fingerprint density at radius 2 is 2.19 bits per heavy atom. The molecular weight excluding hydrogens is 282 g/mol. The first-order chi connectivity index (χ1) is 10.2. The second-order valence-corrected chi connectivity index (χ2v) is 5.89. The van der Waals surface area contributed by atoms with Crippen molar-refractivity contribution in [3.8, 4) is 0 Å². The fraction of sp³-hybridized carbons (Fsp3) is 0.333. The summed E-state index contributed by atoms with van der Waals surface area (Å²) < 4.78 is 2.04. The van der Waals surface area contributed by atoms with Gasteiger partial charge in [-0.05, 0) is 19.9 Å². The zero-order valence-electron chi connectivity index (χ0n) is 12.2. The van der Waals surface area contributed by atoms with Gasteiger partial charge in [0.1, 0.15) is 0 Å². The number of aryl methyl sites for hydroxylation is 2. The molecule has 2 aromatic heterocycles. The molecule has 0 spiro atoms. The molecule has 0 saturated heterocycles. The summed E-state index contributed by atoms with van der Waals surface area (Å²) in [4.78, 5) is 5.48. The number of hydrogen-bond donors (Lipinski definition) is 2. The van der Waals surface area contributed by atoms with Crippen LogP contribution in [0.4, 0.5) is 0 Å². The van der Waals surface area contributed by atoms with Gasteiger partial charge in [0.2, 0.25) is 0 Å². The van der Waals surface area contributed by atoms with E-state index in [0.717, 1.165) is 24.4 Å². The number of hydrogen-bond acceptors (Lipinski definition) is 5. The highest BCUT2D eigenvalue weighted by molar-refractivity contribution is 7.09. The minimum Gasteiger partial charge on any atom is -0.271 e. The Balaban J connectivity index is 1.99. The molecule has 0 saturated carbocycles. The molecule has 0 aliphatic heterocycles. The summed E-state index contributed by atoms with van der Waals surface area (Å²) in [6.45, 7) is 4.98. The zero-order chi connectivity index (χ0) is 14.8. The number of benzene rings is 1. The molecule has 0 bridgehead atoms. The van der Waals surface area contributed by atoms with E-state index in [4.69, 9.17) is 10.9 Å². The molecule has 1 aromatic carbocycles. The van der Waals surface area contributed by atoms with Crippen LogP contribution in [0.2, 0.25) is 0 Å². The number of nitrogens with zero attached hydrogens (tertiary/aromatic N) is 3. The van der Waals surface area contributed by atoms with Gasteiger partial charge >= 0.3 is 0 Å². The minimum absolute atomic E-state index is 0.0427. The molecule has 6 heteroatoms. The number of thiazole rings is 1. The van der Waals surface area contributed by atoms with Crippen molar-refractivity contribution in [3.63, 3.8) is 0 Å². The monoisotopic (exact) mass is 301 g/mol. The number of aromatic nitrogens is 3. The Labute approximate surface area is 127 Å². The van der Waals surface area contributed by atoms with Gasteiger partial charge < -0.3 is 0 Å². The summed E-state index contributed by atoms with van der Waals surface area (Å²) in [5, 5.41) is 5.94. The molecule has 21 heavy (non-hydrogen) atoms. The highest BCUT2D eigenvalue weighted by Crippen LogP contribution is 2.27. The normalized spacial score (nSPS) is 12.9. The maximum Gasteiger partial charge on any atom is 0.0798 e. The predicted octanol–water partition coefficient (Wildman–Crippen LogP) is 2.57. The molecule has 0 radical (unpaired) electrons. The third-order valence-corrected chi connectivity index (χ3v) is 4.78. The van der Waals surface area contributed by atoms with Crippen LogP contribution in [0.15, 0.2) is 29.8 Å². The lowest BCUT2D eigenvalue weighted by molar-refractivity contribution is 0.544. The van der Waals surface area contributed by atoms with Crippen molar-refractivity contribution in [1.82, 2.24) is 20.2 Å². The molecule has 3 aromatic rings. The van der Waals surface area contributed by atoms with Gasteiger partial charge in [-0.15, -0.1) is 11.3 Å². The Morgan fingerprint density at radius 1 is 1.38 bits per heavy atom. The average Bonchev–Trinajstić information content (AvgIpc) is 3.09. The summed E-state index contributed by atoms with van der Waals surface area (Å²) in [6.07, 6.45) is 0.757. The number of nitrogens with one attached hydrogen (secondary N) is 1. The van der Waals surface area contributed by atoms with Crippen LogP contribution in [0.3, 0.4) is 0 Å². The van der Waals surface area contributed by atoms with Crippen molar-refractivity contribution in [2.75, 3.05) is 0 Å². The van der Waals surface area contributed by atoms with Crippen molar-refractivity contribution in [2.24, 2.45) is 5.84 Å². The number of rotatable bonds is 5. The van der Waals surface area contributed by atoms with E-state index in [1.54, 1.807) is 11.3 Å². The van der Waals surface area contributed by atoms with Crippen LogP contribution in [0.5, 0.6) is 0 Å². The maximum absolute atomic E-state index is 5.76. The van der Waals surface area contributed by atoms with Crippen molar-refractivity contribution in [2.45, 2.75) is 32.9 Å². The van der Waals surface area contributed by atoms with E-state index < -0.39 is 0 Å². The summed E-state index contributed by atoms with van der Waals surface area (Å²) in [6, 6.07) is 8.37. The van der Waals surface area contributed by atoms with Gasteiger partial charge in [0.05, 0.1) is 28.5 Å². The summed E-state index contributed by atoms with van der Waals surface area (Å²) in [5.41, 5.74) is 8.04. The third kappa shape index (κ3) is 2.57. The van der Waals surface area contributed by atoms with Gasteiger partial charge in [-0.1, -0.05) is 18.2 Å². The topological polar surface area (TPSA) is 68.8 Å². The number of nitrogens with two attached hydrogens (primary N) is 1. The number of fused-ring (bicyclic) bond motifs is 1. The smallest absolute Gasteiger partial charge is 0.0798 e. The van der Waals surface area contributed by atoms with Gasteiger partial charge in [-0.2, -0.15) is 5.10 Å². The van der Waals surface area contributed by atoms with Gasteiger partial charge in [0, 0.05) is 23.2 Å². The SMILES string of the molecule is CCn1nc(CC(NN)c2scnc2C)c2ccccc21. The molecule has 2 heterocycles. The van der Waals surface area contributed by atoms with Crippen LogP contribution in [0.1, 0.15) is 29.2 Å². The molecule has 3 rings (SSSR count). The van der Waals surface area contributed by atoms with Crippen LogP contribution < -0.4 is 11.3 Å². The third-order valence-electron chi connectivity index (χ3n) is 3.73. The van der Waals surface area contributed by atoms with Crippen molar-refractivity contribution in [3.05, 3.63) is 46.0 Å². The predicted molar refractivity (Wildman–Crippen MR) is 86.0 cm³/mol.